The van der Waals surface area contributed by atoms with Crippen molar-refractivity contribution in [2.75, 3.05) is 0 Å². The predicted molar refractivity (Wildman–Crippen MR) is 69.6 cm³/mol. The minimum Gasteiger partial charge on any atom is -0.273 e. The van der Waals surface area contributed by atoms with E-state index in [9.17, 15) is 4.79 Å². The lowest BCUT2D eigenvalue weighted by Crippen LogP contribution is -2.14. The molecule has 0 aliphatic carbocycles. The normalized spacial score (nSPS) is 9.94. The van der Waals surface area contributed by atoms with Crippen LogP contribution >= 0.6 is 11.8 Å². The van der Waals surface area contributed by atoms with Gasteiger partial charge in [0, 0.05) is 11.8 Å². The molecule has 0 unspecified atom stereocenters. The fraction of sp³-hybridized carbons (Fsp3) is 0.0714. The van der Waals surface area contributed by atoms with Gasteiger partial charge in [0.25, 0.3) is 0 Å². The fourth-order valence-electron chi connectivity index (χ4n) is 1.66. The molecule has 2 aromatic rings. The largest absolute Gasteiger partial charge is 0.273 e. The second kappa shape index (κ2) is 5.51. The summed E-state index contributed by atoms with van der Waals surface area (Å²) in [6, 6.07) is 18.0. The van der Waals surface area contributed by atoms with Gasteiger partial charge in [0.2, 0.25) is 5.91 Å². The van der Waals surface area contributed by atoms with Crippen LogP contribution in [0.1, 0.15) is 5.56 Å². The molecule has 2 rings (SSSR count). The lowest BCUT2D eigenvalue weighted by molar-refractivity contribution is -0.118. The molecule has 2 aromatic carbocycles. The molecule has 0 fully saturated rings. The van der Waals surface area contributed by atoms with E-state index in [2.05, 4.69) is 17.0 Å². The van der Waals surface area contributed by atoms with Gasteiger partial charge in [-0.3, -0.25) is 9.63 Å². The summed E-state index contributed by atoms with van der Waals surface area (Å²) in [6.07, 6.45) is 0.304. The molecule has 3 heteroatoms. The molecule has 1 N–H and O–H groups in total. The van der Waals surface area contributed by atoms with Gasteiger partial charge >= 0.3 is 0 Å². The van der Waals surface area contributed by atoms with Gasteiger partial charge < -0.3 is 0 Å². The molecular weight excluding hydrogens is 234 g/mol. The van der Waals surface area contributed by atoms with E-state index in [-0.39, 0.29) is 5.91 Å². The monoisotopic (exact) mass is 245 g/mol. The smallest absolute Gasteiger partial charge is 0.238 e. The van der Waals surface area contributed by atoms with Gasteiger partial charge in [0.1, 0.15) is 0 Å². The molecule has 0 atom stereocenters. The molecule has 2 nitrogen and oxygen atoms in total. The topological polar surface area (TPSA) is 29.1 Å². The van der Waals surface area contributed by atoms with Crippen LogP contribution in [-0.4, -0.2) is 5.91 Å². The van der Waals surface area contributed by atoms with E-state index in [1.807, 2.05) is 42.5 Å². The minimum absolute atomic E-state index is 0.195. The SMILES string of the molecule is O=C(Cc1ccc(-c2ccccc2)cc1)NCl. The van der Waals surface area contributed by atoms with E-state index in [1.165, 1.54) is 5.56 Å². The zero-order valence-corrected chi connectivity index (χ0v) is 9.95. The van der Waals surface area contributed by atoms with Crippen LogP contribution < -0.4 is 4.84 Å². The van der Waals surface area contributed by atoms with E-state index in [0.29, 0.717) is 6.42 Å². The summed E-state index contributed by atoms with van der Waals surface area (Å²) in [4.78, 5) is 13.2. The summed E-state index contributed by atoms with van der Waals surface area (Å²) < 4.78 is 0. The number of carbonyl (C=O) groups is 1. The van der Waals surface area contributed by atoms with Crippen LogP contribution in [0.5, 0.6) is 0 Å². The molecule has 0 aliphatic rings. The molecule has 1 amide bonds. The maximum absolute atomic E-state index is 11.1. The quantitative estimate of drug-likeness (QED) is 0.827. The number of amides is 1. The Balaban J connectivity index is 2.16. The number of benzene rings is 2. The first-order valence-corrected chi connectivity index (χ1v) is 5.71. The lowest BCUT2D eigenvalue weighted by atomic mass is 10.0. The first-order chi connectivity index (χ1) is 8.29. The second-order valence-corrected chi connectivity index (χ2v) is 3.95. The first-order valence-electron chi connectivity index (χ1n) is 5.33. The van der Waals surface area contributed by atoms with Crippen molar-refractivity contribution in [3.63, 3.8) is 0 Å². The zero-order chi connectivity index (χ0) is 12.1. The van der Waals surface area contributed by atoms with Crippen molar-refractivity contribution in [3.8, 4) is 11.1 Å². The van der Waals surface area contributed by atoms with Gasteiger partial charge in [-0.05, 0) is 16.7 Å². The third kappa shape index (κ3) is 3.08. The van der Waals surface area contributed by atoms with Crippen molar-refractivity contribution in [3.05, 3.63) is 60.2 Å². The summed E-state index contributed by atoms with van der Waals surface area (Å²) in [5.74, 6) is -0.195. The van der Waals surface area contributed by atoms with Gasteiger partial charge in [-0.25, -0.2) is 0 Å². The number of nitrogens with one attached hydrogen (secondary N) is 1. The Kier molecular flexibility index (Phi) is 3.78. The Hall–Kier alpha value is -1.80. The summed E-state index contributed by atoms with van der Waals surface area (Å²) in [5, 5.41) is 0. The molecular formula is C14H12ClNO. The highest BCUT2D eigenvalue weighted by Crippen LogP contribution is 2.19. The number of hydrogen-bond donors (Lipinski definition) is 1. The standard InChI is InChI=1S/C14H12ClNO/c15-16-14(17)10-11-6-8-13(9-7-11)12-4-2-1-3-5-12/h1-9H,10H2,(H,16,17). The Morgan fingerprint density at radius 1 is 0.941 bits per heavy atom. The molecule has 0 bridgehead atoms. The molecule has 0 saturated carbocycles. The average molecular weight is 246 g/mol. The Bertz CT molecular complexity index is 493. The molecule has 0 spiro atoms. The van der Waals surface area contributed by atoms with Crippen molar-refractivity contribution >= 4 is 17.7 Å². The highest BCUT2D eigenvalue weighted by atomic mass is 35.5. The average Bonchev–Trinajstić information content (AvgIpc) is 2.40. The number of rotatable bonds is 3. The minimum atomic E-state index is -0.195. The third-order valence-electron chi connectivity index (χ3n) is 2.53. The van der Waals surface area contributed by atoms with Crippen LogP contribution in [-0.2, 0) is 11.2 Å². The number of hydrogen-bond acceptors (Lipinski definition) is 1. The third-order valence-corrected chi connectivity index (χ3v) is 2.74. The summed E-state index contributed by atoms with van der Waals surface area (Å²) >= 11 is 5.23. The summed E-state index contributed by atoms with van der Waals surface area (Å²) in [6.45, 7) is 0. The lowest BCUT2D eigenvalue weighted by Gasteiger charge is -2.03. The van der Waals surface area contributed by atoms with Gasteiger partial charge in [-0.1, -0.05) is 54.6 Å². The molecule has 17 heavy (non-hydrogen) atoms. The van der Waals surface area contributed by atoms with Crippen LogP contribution in [0.25, 0.3) is 11.1 Å². The Morgan fingerprint density at radius 2 is 1.53 bits per heavy atom. The molecule has 0 radical (unpaired) electrons. The van der Waals surface area contributed by atoms with E-state index >= 15 is 0 Å². The van der Waals surface area contributed by atoms with Crippen LogP contribution in [0.2, 0.25) is 0 Å². The van der Waals surface area contributed by atoms with Crippen LogP contribution in [0, 0.1) is 0 Å². The molecule has 0 aromatic heterocycles. The zero-order valence-electron chi connectivity index (χ0n) is 9.19. The van der Waals surface area contributed by atoms with Gasteiger partial charge in [-0.2, -0.15) is 0 Å². The summed E-state index contributed by atoms with van der Waals surface area (Å²) in [5.41, 5.74) is 3.25. The van der Waals surface area contributed by atoms with Crippen molar-refractivity contribution in [1.82, 2.24) is 4.84 Å². The van der Waals surface area contributed by atoms with E-state index in [0.717, 1.165) is 11.1 Å². The highest BCUT2D eigenvalue weighted by molar-refractivity contribution is 6.21. The van der Waals surface area contributed by atoms with Crippen LogP contribution in [0.3, 0.4) is 0 Å². The fourth-order valence-corrected chi connectivity index (χ4v) is 1.73. The highest BCUT2D eigenvalue weighted by Gasteiger charge is 2.02. The van der Waals surface area contributed by atoms with E-state index in [1.54, 1.807) is 0 Å². The number of carbonyl (C=O) groups excluding carboxylic acids is 1. The van der Waals surface area contributed by atoms with Gasteiger partial charge in [-0.15, -0.1) is 0 Å². The predicted octanol–water partition coefficient (Wildman–Crippen LogP) is 3.17. The Morgan fingerprint density at radius 3 is 2.12 bits per heavy atom. The summed E-state index contributed by atoms with van der Waals surface area (Å²) in [7, 11) is 0. The van der Waals surface area contributed by atoms with Crippen molar-refractivity contribution in [2.45, 2.75) is 6.42 Å². The van der Waals surface area contributed by atoms with Crippen molar-refractivity contribution < 1.29 is 4.79 Å². The van der Waals surface area contributed by atoms with Crippen LogP contribution in [0.15, 0.2) is 54.6 Å². The molecule has 86 valence electrons. The van der Waals surface area contributed by atoms with Crippen molar-refractivity contribution in [2.24, 2.45) is 0 Å². The van der Waals surface area contributed by atoms with Gasteiger partial charge in [0.05, 0.1) is 6.42 Å². The second-order valence-electron chi connectivity index (χ2n) is 3.76. The van der Waals surface area contributed by atoms with Crippen molar-refractivity contribution in [1.29, 1.82) is 0 Å². The van der Waals surface area contributed by atoms with Crippen LogP contribution in [0.4, 0.5) is 0 Å². The maximum Gasteiger partial charge on any atom is 0.238 e. The molecule has 0 aliphatic heterocycles. The molecule has 0 heterocycles. The maximum atomic E-state index is 11.1. The molecule has 0 saturated heterocycles. The first kappa shape index (κ1) is 11.7. The van der Waals surface area contributed by atoms with E-state index < -0.39 is 0 Å². The van der Waals surface area contributed by atoms with Gasteiger partial charge in [0.15, 0.2) is 0 Å². The Labute approximate surface area is 105 Å². The number of halogens is 1. The van der Waals surface area contributed by atoms with E-state index in [4.69, 9.17) is 11.8 Å².